The first-order chi connectivity index (χ1) is 8.95. The summed E-state index contributed by atoms with van der Waals surface area (Å²) in [6, 6.07) is 0. The van der Waals surface area contributed by atoms with Crippen LogP contribution in [0.1, 0.15) is 79.1 Å². The largest absolute Gasteiger partial charge is 0.393 e. The number of hydrogen-bond donors (Lipinski definition) is 1. The van der Waals surface area contributed by atoms with E-state index in [0.717, 1.165) is 12.3 Å². The van der Waals surface area contributed by atoms with Crippen LogP contribution in [0.25, 0.3) is 0 Å². The third kappa shape index (κ3) is 3.07. The first kappa shape index (κ1) is 15.1. The van der Waals surface area contributed by atoms with Crippen molar-refractivity contribution in [2.75, 3.05) is 0 Å². The summed E-state index contributed by atoms with van der Waals surface area (Å²) in [5.74, 6) is 1.36. The third-order valence-corrected chi connectivity index (χ3v) is 5.72. The summed E-state index contributed by atoms with van der Waals surface area (Å²) in [5, 5.41) is 10.3. The van der Waals surface area contributed by atoms with Gasteiger partial charge in [-0.1, -0.05) is 38.3 Å². The van der Waals surface area contributed by atoms with Crippen molar-refractivity contribution in [1.82, 2.24) is 0 Å². The lowest BCUT2D eigenvalue weighted by molar-refractivity contribution is 0.0145. The van der Waals surface area contributed by atoms with Gasteiger partial charge in [0.1, 0.15) is 0 Å². The number of rotatable bonds is 4. The van der Waals surface area contributed by atoms with Crippen molar-refractivity contribution in [2.45, 2.75) is 85.2 Å². The van der Waals surface area contributed by atoms with Crippen molar-refractivity contribution >= 4 is 0 Å². The van der Waals surface area contributed by atoms with Crippen molar-refractivity contribution in [3.63, 3.8) is 0 Å². The Morgan fingerprint density at radius 1 is 1.37 bits per heavy atom. The van der Waals surface area contributed by atoms with Gasteiger partial charge < -0.3 is 5.11 Å². The molecule has 2 aliphatic carbocycles. The Morgan fingerprint density at radius 3 is 2.79 bits per heavy atom. The van der Waals surface area contributed by atoms with E-state index in [9.17, 15) is 5.11 Å². The first-order valence-corrected chi connectivity index (χ1v) is 8.32. The topological polar surface area (TPSA) is 20.2 Å². The molecule has 2 aliphatic rings. The van der Waals surface area contributed by atoms with Gasteiger partial charge in [-0.25, -0.2) is 0 Å². The lowest BCUT2D eigenvalue weighted by Gasteiger charge is -2.41. The van der Waals surface area contributed by atoms with Crippen LogP contribution < -0.4 is 0 Å². The van der Waals surface area contributed by atoms with Gasteiger partial charge in [0.05, 0.1) is 6.10 Å². The number of aliphatic hydroxyl groups excluding tert-OH is 1. The Bertz CT molecular complexity index is 342. The molecule has 1 nitrogen and oxygen atoms in total. The van der Waals surface area contributed by atoms with Crippen molar-refractivity contribution in [3.8, 4) is 0 Å². The molecule has 0 aliphatic heterocycles. The Hall–Kier alpha value is -0.300. The summed E-state index contributed by atoms with van der Waals surface area (Å²) in [7, 11) is 0. The second-order valence-electron chi connectivity index (χ2n) is 7.57. The molecule has 0 radical (unpaired) electrons. The summed E-state index contributed by atoms with van der Waals surface area (Å²) in [4.78, 5) is 0. The predicted octanol–water partition coefficient (Wildman–Crippen LogP) is 5.09. The minimum atomic E-state index is -0.0419. The van der Waals surface area contributed by atoms with Gasteiger partial charge in [-0.05, 0) is 69.1 Å². The molecule has 0 aromatic rings. The van der Waals surface area contributed by atoms with Crippen LogP contribution >= 0.6 is 0 Å². The fourth-order valence-corrected chi connectivity index (χ4v) is 4.59. The number of fused-ring (bicyclic) bond motifs is 1. The number of allylic oxidation sites excluding steroid dienone is 2. The molecule has 2 fully saturated rings. The summed E-state index contributed by atoms with van der Waals surface area (Å²) >= 11 is 0. The van der Waals surface area contributed by atoms with E-state index < -0.39 is 0 Å². The predicted molar refractivity (Wildman–Crippen MR) is 82.1 cm³/mol. The molecule has 1 N–H and O–H groups in total. The summed E-state index contributed by atoms with van der Waals surface area (Å²) in [5.41, 5.74) is 3.67. The molecule has 110 valence electrons. The molecule has 0 heterocycles. The van der Waals surface area contributed by atoms with E-state index in [1.165, 1.54) is 44.9 Å². The zero-order valence-electron chi connectivity index (χ0n) is 13.3. The Kier molecular flexibility index (Phi) is 4.76. The van der Waals surface area contributed by atoms with E-state index in [1.54, 1.807) is 11.1 Å². The highest BCUT2D eigenvalue weighted by atomic mass is 16.3. The zero-order chi connectivity index (χ0) is 14.0. The molecule has 1 heteroatoms. The van der Waals surface area contributed by atoms with Gasteiger partial charge in [0.25, 0.3) is 0 Å². The molecule has 0 bridgehead atoms. The molecule has 0 aromatic heterocycles. The van der Waals surface area contributed by atoms with Crippen LogP contribution in [0.2, 0.25) is 0 Å². The first-order valence-electron chi connectivity index (χ1n) is 8.32. The number of aliphatic hydroxyl groups is 1. The smallest absolute Gasteiger partial charge is 0.0576 e. The Balaban J connectivity index is 2.07. The van der Waals surface area contributed by atoms with E-state index in [0.29, 0.717) is 11.3 Å². The summed E-state index contributed by atoms with van der Waals surface area (Å²) < 4.78 is 0. The second kappa shape index (κ2) is 5.99. The van der Waals surface area contributed by atoms with Crippen molar-refractivity contribution in [3.05, 3.63) is 11.1 Å². The molecule has 19 heavy (non-hydrogen) atoms. The van der Waals surface area contributed by atoms with Crippen LogP contribution in [-0.2, 0) is 0 Å². The van der Waals surface area contributed by atoms with Crippen molar-refractivity contribution < 1.29 is 5.11 Å². The molecule has 0 aromatic carbocycles. The van der Waals surface area contributed by atoms with Gasteiger partial charge in [0.15, 0.2) is 0 Å². The van der Waals surface area contributed by atoms with Crippen LogP contribution in [0.4, 0.5) is 0 Å². The second-order valence-corrected chi connectivity index (χ2v) is 7.57. The zero-order valence-corrected chi connectivity index (χ0v) is 13.3. The van der Waals surface area contributed by atoms with Gasteiger partial charge in [0.2, 0.25) is 0 Å². The molecule has 3 unspecified atom stereocenters. The van der Waals surface area contributed by atoms with Crippen LogP contribution in [0.5, 0.6) is 0 Å². The quantitative estimate of drug-likeness (QED) is 0.701. The van der Waals surface area contributed by atoms with E-state index in [2.05, 4.69) is 27.7 Å². The highest BCUT2D eigenvalue weighted by Gasteiger charge is 2.48. The third-order valence-electron chi connectivity index (χ3n) is 5.72. The average molecular weight is 264 g/mol. The molecule has 0 saturated heterocycles. The van der Waals surface area contributed by atoms with Crippen molar-refractivity contribution in [1.29, 1.82) is 0 Å². The van der Waals surface area contributed by atoms with Gasteiger partial charge in [-0.3, -0.25) is 0 Å². The van der Waals surface area contributed by atoms with Crippen molar-refractivity contribution in [2.24, 2.45) is 17.3 Å². The Labute approximate surface area is 119 Å². The molecule has 0 amide bonds. The van der Waals surface area contributed by atoms with Crippen LogP contribution in [-0.4, -0.2) is 11.2 Å². The van der Waals surface area contributed by atoms with Gasteiger partial charge in [0, 0.05) is 0 Å². The monoisotopic (exact) mass is 264 g/mol. The van der Waals surface area contributed by atoms with E-state index in [1.807, 2.05) is 0 Å². The van der Waals surface area contributed by atoms with E-state index in [4.69, 9.17) is 0 Å². The standard InChI is InChI=1S/C18H32O/c1-13(2)7-5-8-14(3)15-10-11-16-17(19)9-6-12-18(15,16)4/h13,16-17,19H,5-12H2,1-4H3/b15-14-. The minimum Gasteiger partial charge on any atom is -0.393 e. The minimum absolute atomic E-state index is 0.0419. The fourth-order valence-electron chi connectivity index (χ4n) is 4.59. The summed E-state index contributed by atoms with van der Waals surface area (Å²) in [6.07, 6.45) is 9.89. The molecule has 2 rings (SSSR count). The molecular weight excluding hydrogens is 232 g/mol. The average Bonchev–Trinajstić information content (AvgIpc) is 2.67. The number of hydrogen-bond acceptors (Lipinski definition) is 1. The summed E-state index contributed by atoms with van der Waals surface area (Å²) in [6.45, 7) is 9.40. The molecular formula is C18H32O. The van der Waals surface area contributed by atoms with Crippen LogP contribution in [0.15, 0.2) is 11.1 Å². The molecule has 3 atom stereocenters. The van der Waals surface area contributed by atoms with Gasteiger partial charge >= 0.3 is 0 Å². The molecule has 2 saturated carbocycles. The Morgan fingerprint density at radius 2 is 2.11 bits per heavy atom. The highest BCUT2D eigenvalue weighted by Crippen LogP contribution is 2.56. The lowest BCUT2D eigenvalue weighted by atomic mass is 9.65. The van der Waals surface area contributed by atoms with Crippen LogP contribution in [0, 0.1) is 17.3 Å². The van der Waals surface area contributed by atoms with E-state index in [-0.39, 0.29) is 6.10 Å². The maximum Gasteiger partial charge on any atom is 0.0576 e. The normalized spacial score (nSPS) is 37.6. The van der Waals surface area contributed by atoms with E-state index >= 15 is 0 Å². The maximum absolute atomic E-state index is 10.3. The highest BCUT2D eigenvalue weighted by molar-refractivity contribution is 5.27. The molecule has 0 spiro atoms. The SMILES string of the molecule is C/C(CCCC(C)C)=C1\CCC2C(O)CCCC12C. The van der Waals surface area contributed by atoms with Gasteiger partial charge in [-0.2, -0.15) is 0 Å². The van der Waals surface area contributed by atoms with Gasteiger partial charge in [-0.15, -0.1) is 0 Å². The van der Waals surface area contributed by atoms with Crippen LogP contribution in [0.3, 0.4) is 0 Å². The fraction of sp³-hybridized carbons (Fsp3) is 0.889. The maximum atomic E-state index is 10.3. The lowest BCUT2D eigenvalue weighted by Crippen LogP contribution is -2.37.